The zero-order valence-electron chi connectivity index (χ0n) is 14.0. The minimum atomic E-state index is -0.458. The van der Waals surface area contributed by atoms with E-state index in [0.29, 0.717) is 21.8 Å². The number of nitrogens with one attached hydrogen (secondary N) is 3. The number of carbonyl (C=O) groups excluding carboxylic acids is 2. The molecule has 0 unspecified atom stereocenters. The molecule has 1 saturated carbocycles. The van der Waals surface area contributed by atoms with Crippen LogP contribution < -0.4 is 15.4 Å². The van der Waals surface area contributed by atoms with Crippen molar-refractivity contribution in [3.63, 3.8) is 0 Å². The molecule has 26 heavy (non-hydrogen) atoms. The van der Waals surface area contributed by atoms with E-state index < -0.39 is 11.9 Å². The number of hydrogen-bond donors (Lipinski definition) is 3. The van der Waals surface area contributed by atoms with Crippen molar-refractivity contribution < 1.29 is 14.3 Å². The highest BCUT2D eigenvalue weighted by atomic mass is 35.5. The number of carbonyl (C=O) groups is 2. The summed E-state index contributed by atoms with van der Waals surface area (Å²) >= 11 is 7.11. The van der Waals surface area contributed by atoms with E-state index in [1.54, 1.807) is 12.1 Å². The van der Waals surface area contributed by atoms with Crippen LogP contribution in [0.3, 0.4) is 0 Å². The van der Waals surface area contributed by atoms with Gasteiger partial charge < -0.3 is 10.1 Å². The third-order valence-electron chi connectivity index (χ3n) is 3.51. The molecule has 2 aromatic rings. The van der Waals surface area contributed by atoms with Crippen LogP contribution in [-0.4, -0.2) is 38.9 Å². The number of rotatable bonds is 7. The van der Waals surface area contributed by atoms with Gasteiger partial charge in [-0.2, -0.15) is 0 Å². The molecule has 10 heteroatoms. The third-order valence-corrected chi connectivity index (χ3v) is 4.79. The van der Waals surface area contributed by atoms with Crippen LogP contribution in [0.2, 0.25) is 5.02 Å². The first kappa shape index (κ1) is 18.5. The minimum absolute atomic E-state index is 0.0482. The Morgan fingerprint density at radius 2 is 2.23 bits per heavy atom. The maximum atomic E-state index is 11.7. The number of amides is 3. The Kier molecular flexibility index (Phi) is 6.00. The molecule has 1 heterocycles. The van der Waals surface area contributed by atoms with E-state index >= 15 is 0 Å². The monoisotopic (exact) mass is 395 g/mol. The number of benzene rings is 1. The van der Waals surface area contributed by atoms with Gasteiger partial charge in [-0.05, 0) is 43.5 Å². The molecule has 1 aromatic carbocycles. The van der Waals surface area contributed by atoms with Gasteiger partial charge in [0.1, 0.15) is 12.4 Å². The van der Waals surface area contributed by atoms with Crippen molar-refractivity contribution in [2.75, 3.05) is 5.75 Å². The lowest BCUT2D eigenvalue weighted by Gasteiger charge is -2.05. The highest BCUT2D eigenvalue weighted by molar-refractivity contribution is 7.99. The Bertz CT molecular complexity index is 809. The Balaban J connectivity index is 1.41. The van der Waals surface area contributed by atoms with E-state index in [-0.39, 0.29) is 18.4 Å². The summed E-state index contributed by atoms with van der Waals surface area (Å²) in [5.74, 6) is 0.866. The SMILES string of the molecule is Cc1cc(OCc2nc(SCC(=O)NC(=O)NC3CC3)n[nH]2)ccc1Cl. The van der Waals surface area contributed by atoms with Gasteiger partial charge in [0.15, 0.2) is 5.82 Å². The summed E-state index contributed by atoms with van der Waals surface area (Å²) in [5.41, 5.74) is 0.926. The van der Waals surface area contributed by atoms with Crippen molar-refractivity contribution in [2.45, 2.75) is 37.6 Å². The first-order valence-electron chi connectivity index (χ1n) is 8.03. The molecule has 1 aliphatic carbocycles. The molecule has 3 N–H and O–H groups in total. The number of thioether (sulfide) groups is 1. The van der Waals surface area contributed by atoms with Crippen molar-refractivity contribution in [3.05, 3.63) is 34.6 Å². The minimum Gasteiger partial charge on any atom is -0.486 e. The quantitative estimate of drug-likeness (QED) is 0.621. The summed E-state index contributed by atoms with van der Waals surface area (Å²) in [6, 6.07) is 5.13. The smallest absolute Gasteiger partial charge is 0.321 e. The van der Waals surface area contributed by atoms with Crippen LogP contribution in [0.25, 0.3) is 0 Å². The highest BCUT2D eigenvalue weighted by Gasteiger charge is 2.23. The average Bonchev–Trinajstić information content (AvgIpc) is 3.29. The van der Waals surface area contributed by atoms with Crippen LogP contribution in [0.15, 0.2) is 23.4 Å². The number of H-pyrrole nitrogens is 1. The second-order valence-electron chi connectivity index (χ2n) is 5.85. The Hall–Kier alpha value is -2.26. The molecule has 1 fully saturated rings. The first-order valence-corrected chi connectivity index (χ1v) is 9.39. The normalized spacial score (nSPS) is 13.3. The predicted molar refractivity (Wildman–Crippen MR) is 97.3 cm³/mol. The standard InChI is InChI=1S/C16H18ClN5O3S/c1-9-6-11(4-5-12(9)17)25-7-13-19-16(22-21-13)26-8-14(23)20-15(24)18-10-2-3-10/h4-6,10H,2-3,7-8H2,1H3,(H,19,21,22)(H2,18,20,23,24). The van der Waals surface area contributed by atoms with E-state index in [2.05, 4.69) is 25.8 Å². The van der Waals surface area contributed by atoms with Gasteiger partial charge in [0.05, 0.1) is 5.75 Å². The average molecular weight is 396 g/mol. The predicted octanol–water partition coefficient (Wildman–Crippen LogP) is 2.43. The van der Waals surface area contributed by atoms with Crippen LogP contribution in [0, 0.1) is 6.92 Å². The molecule has 0 saturated heterocycles. The number of ether oxygens (including phenoxy) is 1. The van der Waals surface area contributed by atoms with E-state index in [9.17, 15) is 9.59 Å². The molecule has 0 aliphatic heterocycles. The van der Waals surface area contributed by atoms with Gasteiger partial charge in [-0.15, -0.1) is 5.10 Å². The van der Waals surface area contributed by atoms with Crippen LogP contribution >= 0.6 is 23.4 Å². The number of aryl methyl sites for hydroxylation is 1. The molecular formula is C16H18ClN5O3S. The fourth-order valence-corrected chi connectivity index (χ4v) is 2.74. The van der Waals surface area contributed by atoms with Gasteiger partial charge in [0.25, 0.3) is 0 Å². The second kappa shape index (κ2) is 8.41. The zero-order valence-corrected chi connectivity index (χ0v) is 15.6. The van der Waals surface area contributed by atoms with Gasteiger partial charge in [-0.1, -0.05) is 23.4 Å². The highest BCUT2D eigenvalue weighted by Crippen LogP contribution is 2.22. The fraction of sp³-hybridized carbons (Fsp3) is 0.375. The maximum Gasteiger partial charge on any atom is 0.321 e. The molecule has 0 bridgehead atoms. The number of aromatic nitrogens is 3. The van der Waals surface area contributed by atoms with Gasteiger partial charge in [0, 0.05) is 11.1 Å². The topological polar surface area (TPSA) is 109 Å². The maximum absolute atomic E-state index is 11.7. The lowest BCUT2D eigenvalue weighted by Crippen LogP contribution is -2.41. The first-order chi connectivity index (χ1) is 12.5. The number of urea groups is 1. The number of halogens is 1. The van der Waals surface area contributed by atoms with E-state index in [1.165, 1.54) is 0 Å². The van der Waals surface area contributed by atoms with E-state index in [4.69, 9.17) is 16.3 Å². The van der Waals surface area contributed by atoms with Gasteiger partial charge in [0.2, 0.25) is 11.1 Å². The molecule has 3 amide bonds. The van der Waals surface area contributed by atoms with E-state index in [1.807, 2.05) is 13.0 Å². The summed E-state index contributed by atoms with van der Waals surface area (Å²) < 4.78 is 5.63. The van der Waals surface area contributed by atoms with Gasteiger partial charge >= 0.3 is 6.03 Å². The Morgan fingerprint density at radius 3 is 2.96 bits per heavy atom. The molecule has 0 spiro atoms. The zero-order chi connectivity index (χ0) is 18.5. The van der Waals surface area contributed by atoms with Crippen LogP contribution in [0.4, 0.5) is 4.79 Å². The van der Waals surface area contributed by atoms with Crippen LogP contribution in [-0.2, 0) is 11.4 Å². The van der Waals surface area contributed by atoms with Crippen molar-refractivity contribution in [2.24, 2.45) is 0 Å². The van der Waals surface area contributed by atoms with Gasteiger partial charge in [-0.3, -0.25) is 15.2 Å². The Labute approximate surface area is 159 Å². The summed E-state index contributed by atoms with van der Waals surface area (Å²) in [7, 11) is 0. The molecule has 0 radical (unpaired) electrons. The molecule has 8 nitrogen and oxygen atoms in total. The van der Waals surface area contributed by atoms with E-state index in [0.717, 1.165) is 30.2 Å². The van der Waals surface area contributed by atoms with Crippen LogP contribution in [0.1, 0.15) is 24.2 Å². The summed E-state index contributed by atoms with van der Waals surface area (Å²) in [6.45, 7) is 2.11. The van der Waals surface area contributed by atoms with Crippen molar-refractivity contribution >= 4 is 35.3 Å². The van der Waals surface area contributed by atoms with Gasteiger partial charge in [-0.25, -0.2) is 9.78 Å². The lowest BCUT2D eigenvalue weighted by atomic mass is 10.2. The lowest BCUT2D eigenvalue weighted by molar-refractivity contribution is -0.117. The fourth-order valence-electron chi connectivity index (χ4n) is 2.01. The largest absolute Gasteiger partial charge is 0.486 e. The third kappa shape index (κ3) is 5.63. The summed E-state index contributed by atoms with van der Waals surface area (Å²) in [5, 5.41) is 12.8. The number of aromatic amines is 1. The van der Waals surface area contributed by atoms with Crippen molar-refractivity contribution in [3.8, 4) is 5.75 Å². The second-order valence-corrected chi connectivity index (χ2v) is 7.20. The van der Waals surface area contributed by atoms with Crippen LogP contribution in [0.5, 0.6) is 5.75 Å². The van der Waals surface area contributed by atoms with Crippen molar-refractivity contribution in [1.82, 2.24) is 25.8 Å². The number of hydrogen-bond acceptors (Lipinski definition) is 6. The molecular weight excluding hydrogens is 378 g/mol. The molecule has 1 aliphatic rings. The summed E-state index contributed by atoms with van der Waals surface area (Å²) in [4.78, 5) is 27.4. The molecule has 1 aromatic heterocycles. The molecule has 138 valence electrons. The van der Waals surface area contributed by atoms with Crippen molar-refractivity contribution in [1.29, 1.82) is 0 Å². The Morgan fingerprint density at radius 1 is 1.42 bits per heavy atom. The molecule has 0 atom stereocenters. The summed E-state index contributed by atoms with van der Waals surface area (Å²) in [6.07, 6.45) is 1.93. The number of imide groups is 1. The number of nitrogens with zero attached hydrogens (tertiary/aromatic N) is 2. The molecule has 3 rings (SSSR count).